The van der Waals surface area contributed by atoms with E-state index in [0.717, 1.165) is 25.0 Å². The van der Waals surface area contributed by atoms with Crippen molar-refractivity contribution < 1.29 is 19.1 Å². The van der Waals surface area contributed by atoms with Crippen molar-refractivity contribution in [1.82, 2.24) is 9.80 Å². The standard InChI is InChI=1S/C25H32N2O4/c1-2-19-30-22-11-13-23(14-12-22)31-20-25(29)27-17-15-26(16-18-27)24(28)10-6-9-21-7-4-3-5-8-21/h3-5,7-8,11-14H,2,6,9-10,15-20H2,1H3. The topological polar surface area (TPSA) is 59.1 Å². The number of hydrogen-bond donors (Lipinski definition) is 0. The minimum absolute atomic E-state index is 0.000184. The van der Waals surface area contributed by atoms with Gasteiger partial charge >= 0.3 is 0 Å². The van der Waals surface area contributed by atoms with Crippen LogP contribution < -0.4 is 9.47 Å². The Morgan fingerprint density at radius 2 is 1.39 bits per heavy atom. The van der Waals surface area contributed by atoms with E-state index < -0.39 is 0 Å². The Labute approximate surface area is 184 Å². The number of amides is 2. The first-order valence-electron chi connectivity index (χ1n) is 11.1. The van der Waals surface area contributed by atoms with E-state index in [1.54, 1.807) is 4.90 Å². The molecule has 0 aliphatic carbocycles. The van der Waals surface area contributed by atoms with Gasteiger partial charge in [-0.25, -0.2) is 0 Å². The van der Waals surface area contributed by atoms with Crippen LogP contribution in [0.4, 0.5) is 0 Å². The molecule has 2 aromatic carbocycles. The Morgan fingerprint density at radius 3 is 2.00 bits per heavy atom. The first-order valence-corrected chi connectivity index (χ1v) is 11.1. The lowest BCUT2D eigenvalue weighted by atomic mass is 10.1. The molecule has 0 unspecified atom stereocenters. The molecule has 166 valence electrons. The molecule has 1 heterocycles. The Kier molecular flexibility index (Phi) is 8.76. The Hall–Kier alpha value is -3.02. The monoisotopic (exact) mass is 424 g/mol. The van der Waals surface area contributed by atoms with Gasteiger partial charge in [-0.2, -0.15) is 0 Å². The molecule has 1 aliphatic heterocycles. The van der Waals surface area contributed by atoms with Crippen molar-refractivity contribution >= 4 is 11.8 Å². The molecule has 3 rings (SSSR count). The van der Waals surface area contributed by atoms with Crippen molar-refractivity contribution in [3.05, 3.63) is 60.2 Å². The zero-order valence-corrected chi connectivity index (χ0v) is 18.3. The Balaban J connectivity index is 1.34. The fraction of sp³-hybridized carbons (Fsp3) is 0.440. The van der Waals surface area contributed by atoms with Crippen LogP contribution in [0.15, 0.2) is 54.6 Å². The van der Waals surface area contributed by atoms with Gasteiger partial charge in [0, 0.05) is 32.6 Å². The molecule has 1 fully saturated rings. The highest BCUT2D eigenvalue weighted by molar-refractivity contribution is 5.79. The van der Waals surface area contributed by atoms with E-state index in [1.165, 1.54) is 5.56 Å². The van der Waals surface area contributed by atoms with Gasteiger partial charge in [-0.1, -0.05) is 37.3 Å². The molecular formula is C25H32N2O4. The third-order valence-electron chi connectivity index (χ3n) is 5.34. The average Bonchev–Trinajstić information content (AvgIpc) is 2.82. The number of ether oxygens (including phenoxy) is 2. The second kappa shape index (κ2) is 12.0. The number of carbonyl (C=O) groups excluding carboxylic acids is 2. The Morgan fingerprint density at radius 1 is 0.806 bits per heavy atom. The van der Waals surface area contributed by atoms with Crippen molar-refractivity contribution in [2.75, 3.05) is 39.4 Å². The zero-order chi connectivity index (χ0) is 21.9. The van der Waals surface area contributed by atoms with Gasteiger partial charge in [-0.3, -0.25) is 9.59 Å². The van der Waals surface area contributed by atoms with Crippen LogP contribution in [0, 0.1) is 0 Å². The number of hydrogen-bond acceptors (Lipinski definition) is 4. The molecule has 0 spiro atoms. The quantitative estimate of drug-likeness (QED) is 0.585. The number of carbonyl (C=O) groups is 2. The predicted molar refractivity (Wildman–Crippen MR) is 120 cm³/mol. The molecule has 0 N–H and O–H groups in total. The van der Waals surface area contributed by atoms with Gasteiger partial charge in [-0.05, 0) is 49.1 Å². The highest BCUT2D eigenvalue weighted by atomic mass is 16.5. The summed E-state index contributed by atoms with van der Waals surface area (Å²) in [5.74, 6) is 1.56. The van der Waals surface area contributed by atoms with Crippen LogP contribution in [0.1, 0.15) is 31.7 Å². The molecule has 0 bridgehead atoms. The molecular weight excluding hydrogens is 392 g/mol. The van der Waals surface area contributed by atoms with Gasteiger partial charge in [0.2, 0.25) is 5.91 Å². The molecule has 2 amide bonds. The van der Waals surface area contributed by atoms with E-state index in [4.69, 9.17) is 9.47 Å². The van der Waals surface area contributed by atoms with E-state index in [9.17, 15) is 9.59 Å². The van der Waals surface area contributed by atoms with Gasteiger partial charge < -0.3 is 19.3 Å². The summed E-state index contributed by atoms with van der Waals surface area (Å²) in [6.45, 7) is 5.01. The molecule has 0 radical (unpaired) electrons. The second-order valence-electron chi connectivity index (χ2n) is 7.71. The number of piperazine rings is 1. The lowest BCUT2D eigenvalue weighted by molar-refractivity contribution is -0.140. The van der Waals surface area contributed by atoms with Gasteiger partial charge in [0.15, 0.2) is 6.61 Å². The molecule has 1 saturated heterocycles. The number of nitrogens with zero attached hydrogens (tertiary/aromatic N) is 2. The summed E-state index contributed by atoms with van der Waals surface area (Å²) in [6, 6.07) is 17.5. The maximum absolute atomic E-state index is 12.5. The predicted octanol–water partition coefficient (Wildman–Crippen LogP) is 3.55. The van der Waals surface area contributed by atoms with Gasteiger partial charge in [0.25, 0.3) is 5.91 Å². The highest BCUT2D eigenvalue weighted by Crippen LogP contribution is 2.18. The van der Waals surface area contributed by atoms with Crippen molar-refractivity contribution in [3.63, 3.8) is 0 Å². The van der Waals surface area contributed by atoms with E-state index in [2.05, 4.69) is 19.1 Å². The summed E-state index contributed by atoms with van der Waals surface area (Å²) in [5, 5.41) is 0. The van der Waals surface area contributed by atoms with Crippen LogP contribution in [-0.2, 0) is 16.0 Å². The smallest absolute Gasteiger partial charge is 0.260 e. The fourth-order valence-electron chi connectivity index (χ4n) is 3.54. The van der Waals surface area contributed by atoms with Gasteiger partial charge in [0.05, 0.1) is 6.61 Å². The van der Waals surface area contributed by atoms with E-state index in [-0.39, 0.29) is 18.4 Å². The van der Waals surface area contributed by atoms with Gasteiger partial charge in [-0.15, -0.1) is 0 Å². The van der Waals surface area contributed by atoms with Crippen molar-refractivity contribution in [2.24, 2.45) is 0 Å². The number of benzene rings is 2. The summed E-state index contributed by atoms with van der Waals surface area (Å²) < 4.78 is 11.2. The van der Waals surface area contributed by atoms with Crippen molar-refractivity contribution in [1.29, 1.82) is 0 Å². The van der Waals surface area contributed by atoms with Crippen LogP contribution >= 0.6 is 0 Å². The van der Waals surface area contributed by atoms with Crippen molar-refractivity contribution in [2.45, 2.75) is 32.6 Å². The SMILES string of the molecule is CCCOc1ccc(OCC(=O)N2CCN(C(=O)CCCc3ccccc3)CC2)cc1. The number of rotatable bonds is 10. The summed E-state index contributed by atoms with van der Waals surface area (Å²) in [5.41, 5.74) is 1.26. The summed E-state index contributed by atoms with van der Waals surface area (Å²) in [4.78, 5) is 28.6. The second-order valence-corrected chi connectivity index (χ2v) is 7.71. The van der Waals surface area contributed by atoms with Crippen LogP contribution in [0.5, 0.6) is 11.5 Å². The molecule has 0 saturated carbocycles. The summed E-state index contributed by atoms with van der Waals surface area (Å²) >= 11 is 0. The first-order chi connectivity index (χ1) is 15.2. The van der Waals surface area contributed by atoms with E-state index in [0.29, 0.717) is 45.0 Å². The van der Waals surface area contributed by atoms with E-state index in [1.807, 2.05) is 47.4 Å². The van der Waals surface area contributed by atoms with Crippen LogP contribution in [0.3, 0.4) is 0 Å². The average molecular weight is 425 g/mol. The number of aryl methyl sites for hydroxylation is 1. The third kappa shape index (κ3) is 7.31. The Bertz CT molecular complexity index is 815. The zero-order valence-electron chi connectivity index (χ0n) is 18.3. The molecule has 31 heavy (non-hydrogen) atoms. The highest BCUT2D eigenvalue weighted by Gasteiger charge is 2.24. The minimum atomic E-state index is -0.0533. The molecule has 6 heteroatoms. The lowest BCUT2D eigenvalue weighted by Crippen LogP contribution is -2.51. The van der Waals surface area contributed by atoms with Crippen molar-refractivity contribution in [3.8, 4) is 11.5 Å². The van der Waals surface area contributed by atoms with Crippen LogP contribution in [-0.4, -0.2) is 61.0 Å². The minimum Gasteiger partial charge on any atom is -0.494 e. The van der Waals surface area contributed by atoms with Crippen LogP contribution in [0.25, 0.3) is 0 Å². The van der Waals surface area contributed by atoms with Gasteiger partial charge in [0.1, 0.15) is 11.5 Å². The lowest BCUT2D eigenvalue weighted by Gasteiger charge is -2.34. The molecule has 0 aromatic heterocycles. The fourth-order valence-corrected chi connectivity index (χ4v) is 3.54. The largest absolute Gasteiger partial charge is 0.494 e. The van der Waals surface area contributed by atoms with E-state index >= 15 is 0 Å². The first kappa shape index (κ1) is 22.7. The molecule has 6 nitrogen and oxygen atoms in total. The molecule has 1 aliphatic rings. The summed E-state index contributed by atoms with van der Waals surface area (Å²) in [7, 11) is 0. The third-order valence-corrected chi connectivity index (χ3v) is 5.34. The molecule has 2 aromatic rings. The summed E-state index contributed by atoms with van der Waals surface area (Å²) in [6.07, 6.45) is 3.26. The molecule has 0 atom stereocenters. The maximum atomic E-state index is 12.5. The maximum Gasteiger partial charge on any atom is 0.260 e. The normalized spacial score (nSPS) is 13.7. The van der Waals surface area contributed by atoms with Crippen LogP contribution in [0.2, 0.25) is 0 Å².